The van der Waals surface area contributed by atoms with Gasteiger partial charge in [0.1, 0.15) is 0 Å². The van der Waals surface area contributed by atoms with Crippen LogP contribution < -0.4 is 5.73 Å². The maximum atomic E-state index is 9.63. The van der Waals surface area contributed by atoms with Crippen LogP contribution >= 0.6 is 0 Å². The van der Waals surface area contributed by atoms with E-state index < -0.39 is 5.60 Å². The molecule has 4 N–H and O–H groups in total. The Hall–Kier alpha value is -0.900. The largest absolute Gasteiger partial charge is 0.394 e. The molecule has 1 aromatic carbocycles. The Balaban J connectivity index is 2.72. The summed E-state index contributed by atoms with van der Waals surface area (Å²) < 4.78 is 0. The topological polar surface area (TPSA) is 66.5 Å². The molecule has 1 rings (SSSR count). The third kappa shape index (κ3) is 4.00. The first-order valence-corrected chi connectivity index (χ1v) is 5.10. The highest BCUT2D eigenvalue weighted by molar-refractivity contribution is 5.25. The first kappa shape index (κ1) is 12.2. The van der Waals surface area contributed by atoms with E-state index in [1.54, 1.807) is 13.8 Å². The molecule has 0 spiro atoms. The third-order valence-electron chi connectivity index (χ3n) is 2.24. The molecule has 0 fully saturated rings. The molecule has 1 atom stereocenters. The van der Waals surface area contributed by atoms with Crippen LogP contribution in [-0.2, 0) is 6.42 Å². The van der Waals surface area contributed by atoms with E-state index in [2.05, 4.69) is 0 Å². The van der Waals surface area contributed by atoms with Gasteiger partial charge in [0.15, 0.2) is 0 Å². The molecule has 0 aromatic heterocycles. The average molecular weight is 209 g/mol. The summed E-state index contributed by atoms with van der Waals surface area (Å²) in [5, 5.41) is 18.5. The Labute approximate surface area is 90.5 Å². The minimum absolute atomic E-state index is 0.0508. The lowest BCUT2D eigenvalue weighted by atomic mass is 9.97. The van der Waals surface area contributed by atoms with E-state index in [-0.39, 0.29) is 12.6 Å². The molecule has 0 aliphatic rings. The summed E-state index contributed by atoms with van der Waals surface area (Å²) in [7, 11) is 0. The van der Waals surface area contributed by atoms with Crippen molar-refractivity contribution in [1.29, 1.82) is 0 Å². The lowest BCUT2D eigenvalue weighted by molar-refractivity contribution is 0.0810. The van der Waals surface area contributed by atoms with Crippen LogP contribution in [0.3, 0.4) is 0 Å². The monoisotopic (exact) mass is 209 g/mol. The number of rotatable bonds is 4. The van der Waals surface area contributed by atoms with E-state index in [4.69, 9.17) is 10.8 Å². The maximum Gasteiger partial charge on any atom is 0.0631 e. The van der Waals surface area contributed by atoms with Gasteiger partial charge >= 0.3 is 0 Å². The summed E-state index contributed by atoms with van der Waals surface area (Å²) in [5.41, 5.74) is 6.96. The summed E-state index contributed by atoms with van der Waals surface area (Å²) in [6.07, 6.45) is 0.613. The van der Waals surface area contributed by atoms with Crippen LogP contribution in [0.25, 0.3) is 0 Å². The first-order valence-electron chi connectivity index (χ1n) is 5.10. The normalized spacial score (nSPS) is 13.9. The number of hydrogen-bond donors (Lipinski definition) is 3. The standard InChI is InChI=1S/C12H19NO2/c1-12(2,15)7-9-3-5-10(6-4-9)11(13)8-14/h3-6,11,14-15H,7-8,13H2,1-2H3. The maximum absolute atomic E-state index is 9.63. The van der Waals surface area contributed by atoms with E-state index in [9.17, 15) is 5.11 Å². The van der Waals surface area contributed by atoms with E-state index in [1.165, 1.54) is 0 Å². The second-order valence-electron chi connectivity index (χ2n) is 4.52. The van der Waals surface area contributed by atoms with Crippen LogP contribution in [-0.4, -0.2) is 22.4 Å². The SMILES string of the molecule is CC(C)(O)Cc1ccc(C(N)CO)cc1. The molecule has 1 unspecified atom stereocenters. The fraction of sp³-hybridized carbons (Fsp3) is 0.500. The van der Waals surface area contributed by atoms with Gasteiger partial charge in [-0.15, -0.1) is 0 Å². The fourth-order valence-electron chi connectivity index (χ4n) is 1.49. The molecule has 3 heteroatoms. The summed E-state index contributed by atoms with van der Waals surface area (Å²) in [5.74, 6) is 0. The highest BCUT2D eigenvalue weighted by atomic mass is 16.3. The molecule has 0 radical (unpaired) electrons. The van der Waals surface area contributed by atoms with Crippen molar-refractivity contribution >= 4 is 0 Å². The molecule has 0 heterocycles. The lowest BCUT2D eigenvalue weighted by Crippen LogP contribution is -2.22. The van der Waals surface area contributed by atoms with Crippen molar-refractivity contribution in [3.63, 3.8) is 0 Å². The van der Waals surface area contributed by atoms with E-state index in [0.717, 1.165) is 11.1 Å². The highest BCUT2D eigenvalue weighted by Gasteiger charge is 2.13. The lowest BCUT2D eigenvalue weighted by Gasteiger charge is -2.17. The molecule has 0 aliphatic heterocycles. The molecule has 0 saturated carbocycles. The zero-order chi connectivity index (χ0) is 11.5. The molecule has 0 aliphatic carbocycles. The third-order valence-corrected chi connectivity index (χ3v) is 2.24. The number of benzene rings is 1. The first-order chi connectivity index (χ1) is 6.92. The molecule has 0 bridgehead atoms. The van der Waals surface area contributed by atoms with Gasteiger partial charge in [0.25, 0.3) is 0 Å². The van der Waals surface area contributed by atoms with Gasteiger partial charge in [0, 0.05) is 6.42 Å². The minimum atomic E-state index is -0.694. The molecular formula is C12H19NO2. The Kier molecular flexibility index (Phi) is 3.85. The predicted molar refractivity (Wildman–Crippen MR) is 60.5 cm³/mol. The van der Waals surface area contributed by atoms with Crippen LogP contribution in [0, 0.1) is 0 Å². The van der Waals surface area contributed by atoms with E-state index in [1.807, 2.05) is 24.3 Å². The molecule has 3 nitrogen and oxygen atoms in total. The summed E-state index contributed by atoms with van der Waals surface area (Å²) >= 11 is 0. The van der Waals surface area contributed by atoms with Crippen molar-refractivity contribution in [1.82, 2.24) is 0 Å². The number of nitrogens with two attached hydrogens (primary N) is 1. The predicted octanol–water partition coefficient (Wildman–Crippen LogP) is 0.992. The summed E-state index contributed by atoms with van der Waals surface area (Å²) in [4.78, 5) is 0. The van der Waals surface area contributed by atoms with Gasteiger partial charge in [-0.05, 0) is 25.0 Å². The second kappa shape index (κ2) is 4.75. The van der Waals surface area contributed by atoms with Crippen LogP contribution in [0.5, 0.6) is 0 Å². The van der Waals surface area contributed by atoms with Gasteiger partial charge in [0.2, 0.25) is 0 Å². The highest BCUT2D eigenvalue weighted by Crippen LogP contribution is 2.15. The van der Waals surface area contributed by atoms with E-state index in [0.29, 0.717) is 6.42 Å². The Bertz CT molecular complexity index is 300. The van der Waals surface area contributed by atoms with Crippen molar-refractivity contribution in [3.8, 4) is 0 Å². The Morgan fingerprint density at radius 3 is 2.20 bits per heavy atom. The van der Waals surface area contributed by atoms with Gasteiger partial charge in [-0.1, -0.05) is 24.3 Å². The second-order valence-corrected chi connectivity index (χ2v) is 4.52. The summed E-state index contributed by atoms with van der Waals surface area (Å²) in [6.45, 7) is 3.51. The van der Waals surface area contributed by atoms with Crippen molar-refractivity contribution in [3.05, 3.63) is 35.4 Å². The van der Waals surface area contributed by atoms with Crippen molar-refractivity contribution in [2.24, 2.45) is 5.73 Å². The van der Waals surface area contributed by atoms with Crippen molar-refractivity contribution in [2.45, 2.75) is 31.9 Å². The smallest absolute Gasteiger partial charge is 0.0631 e. The van der Waals surface area contributed by atoms with Crippen molar-refractivity contribution < 1.29 is 10.2 Å². The molecule has 15 heavy (non-hydrogen) atoms. The molecule has 84 valence electrons. The average Bonchev–Trinajstić information content (AvgIpc) is 2.15. The minimum Gasteiger partial charge on any atom is -0.394 e. The zero-order valence-electron chi connectivity index (χ0n) is 9.27. The zero-order valence-corrected chi connectivity index (χ0v) is 9.27. The fourth-order valence-corrected chi connectivity index (χ4v) is 1.49. The van der Waals surface area contributed by atoms with Crippen LogP contribution in [0.2, 0.25) is 0 Å². The summed E-state index contributed by atoms with van der Waals surface area (Å²) in [6, 6.07) is 7.33. The molecule has 1 aromatic rings. The van der Waals surface area contributed by atoms with Gasteiger partial charge in [-0.3, -0.25) is 0 Å². The van der Waals surface area contributed by atoms with E-state index >= 15 is 0 Å². The van der Waals surface area contributed by atoms with Crippen molar-refractivity contribution in [2.75, 3.05) is 6.61 Å². The van der Waals surface area contributed by atoms with Gasteiger partial charge in [-0.25, -0.2) is 0 Å². The Morgan fingerprint density at radius 1 is 1.27 bits per heavy atom. The van der Waals surface area contributed by atoms with Crippen LogP contribution in [0.4, 0.5) is 0 Å². The molecule has 0 saturated heterocycles. The van der Waals surface area contributed by atoms with Gasteiger partial charge < -0.3 is 15.9 Å². The number of aliphatic hydroxyl groups is 2. The number of hydrogen-bond acceptors (Lipinski definition) is 3. The number of aliphatic hydroxyl groups excluding tert-OH is 1. The van der Waals surface area contributed by atoms with Crippen LogP contribution in [0.15, 0.2) is 24.3 Å². The van der Waals surface area contributed by atoms with Crippen LogP contribution in [0.1, 0.15) is 31.0 Å². The molecular weight excluding hydrogens is 190 g/mol. The van der Waals surface area contributed by atoms with Gasteiger partial charge in [0.05, 0.1) is 18.2 Å². The molecule has 0 amide bonds. The van der Waals surface area contributed by atoms with Gasteiger partial charge in [-0.2, -0.15) is 0 Å². The Morgan fingerprint density at radius 2 is 1.80 bits per heavy atom. The quantitative estimate of drug-likeness (QED) is 0.693.